The number of carbonyl (C=O) groups excluding carboxylic acids is 1. The predicted molar refractivity (Wildman–Crippen MR) is 79.6 cm³/mol. The van der Waals surface area contributed by atoms with Crippen molar-refractivity contribution in [2.24, 2.45) is 0 Å². The van der Waals surface area contributed by atoms with Crippen LogP contribution in [0.25, 0.3) is 0 Å². The highest BCUT2D eigenvalue weighted by atomic mass is 35.5. The lowest BCUT2D eigenvalue weighted by Gasteiger charge is -2.17. The molecule has 1 amide bonds. The van der Waals surface area contributed by atoms with E-state index in [1.54, 1.807) is 4.90 Å². The van der Waals surface area contributed by atoms with Crippen molar-refractivity contribution < 1.29 is 9.32 Å². The molecule has 1 aromatic carbocycles. The number of rotatable bonds is 3. The second kappa shape index (κ2) is 5.48. The summed E-state index contributed by atoms with van der Waals surface area (Å²) in [4.78, 5) is 18.3. The molecule has 2 aromatic rings. The van der Waals surface area contributed by atoms with Crippen LogP contribution in [0.15, 0.2) is 22.7 Å². The van der Waals surface area contributed by atoms with Gasteiger partial charge in [0.1, 0.15) is 0 Å². The summed E-state index contributed by atoms with van der Waals surface area (Å²) in [7, 11) is 0. The largest absolute Gasteiger partial charge is 0.339 e. The molecule has 21 heavy (non-hydrogen) atoms. The lowest BCUT2D eigenvalue weighted by atomic mass is 10.1. The van der Waals surface area contributed by atoms with Gasteiger partial charge in [-0.3, -0.25) is 4.79 Å². The first-order chi connectivity index (χ1) is 10.1. The molecule has 0 spiro atoms. The van der Waals surface area contributed by atoms with E-state index in [1.165, 1.54) is 0 Å². The molecular weight excluding hydrogens is 290 g/mol. The van der Waals surface area contributed by atoms with Crippen LogP contribution in [0, 0.1) is 6.92 Å². The van der Waals surface area contributed by atoms with Crippen molar-refractivity contribution >= 4 is 23.2 Å². The number of nitrogens with zero attached hydrogens (tertiary/aromatic N) is 3. The fourth-order valence-electron chi connectivity index (χ4n) is 2.45. The van der Waals surface area contributed by atoms with Crippen LogP contribution in [0.3, 0.4) is 0 Å². The molecule has 1 fully saturated rings. The summed E-state index contributed by atoms with van der Waals surface area (Å²) in [5.74, 6) is 1.22. The van der Waals surface area contributed by atoms with Crippen molar-refractivity contribution in [2.45, 2.75) is 32.6 Å². The smallest absolute Gasteiger partial charge is 0.232 e. The molecule has 1 atom stereocenters. The Labute approximate surface area is 127 Å². The van der Waals surface area contributed by atoms with Crippen LogP contribution < -0.4 is 4.90 Å². The average Bonchev–Trinajstić information content (AvgIpc) is 3.08. The predicted octanol–water partition coefficient (Wildman–Crippen LogP) is 3.11. The molecule has 0 N–H and O–H groups in total. The molecule has 0 bridgehead atoms. The van der Waals surface area contributed by atoms with E-state index in [1.807, 2.05) is 32.0 Å². The van der Waals surface area contributed by atoms with Crippen LogP contribution in [-0.2, 0) is 11.2 Å². The highest BCUT2D eigenvalue weighted by molar-refractivity contribution is 6.31. The van der Waals surface area contributed by atoms with Crippen LogP contribution >= 0.6 is 11.6 Å². The van der Waals surface area contributed by atoms with E-state index in [4.69, 9.17) is 16.1 Å². The zero-order chi connectivity index (χ0) is 15.0. The van der Waals surface area contributed by atoms with E-state index in [2.05, 4.69) is 10.1 Å². The van der Waals surface area contributed by atoms with Crippen LogP contribution in [0.4, 0.5) is 5.69 Å². The van der Waals surface area contributed by atoms with Crippen LogP contribution in [0.1, 0.15) is 36.5 Å². The van der Waals surface area contributed by atoms with Crippen LogP contribution in [0.5, 0.6) is 0 Å². The number of halogens is 1. The number of carbonyl (C=O) groups is 1. The molecule has 1 saturated heterocycles. The Kier molecular flexibility index (Phi) is 3.68. The zero-order valence-corrected chi connectivity index (χ0v) is 12.7. The van der Waals surface area contributed by atoms with Gasteiger partial charge >= 0.3 is 0 Å². The Morgan fingerprint density at radius 1 is 1.48 bits per heavy atom. The summed E-state index contributed by atoms with van der Waals surface area (Å²) in [5.41, 5.74) is 1.81. The molecule has 1 aliphatic rings. The molecule has 1 aromatic heterocycles. The Hall–Kier alpha value is -1.88. The fourth-order valence-corrected chi connectivity index (χ4v) is 2.62. The number of hydrogen-bond donors (Lipinski definition) is 0. The van der Waals surface area contributed by atoms with Gasteiger partial charge in [0.2, 0.25) is 11.8 Å². The third-order valence-electron chi connectivity index (χ3n) is 3.74. The van der Waals surface area contributed by atoms with Gasteiger partial charge in [-0.05, 0) is 24.6 Å². The first-order valence-corrected chi connectivity index (χ1v) is 7.35. The standard InChI is InChI=1S/C15H16ClN3O2/c1-3-13-17-15(21-18-13)10-6-14(20)19(8-10)11-5-4-9(2)12(16)7-11/h4-5,7,10H,3,6,8H2,1-2H3. The second-order valence-corrected chi connectivity index (χ2v) is 5.65. The van der Waals surface area contributed by atoms with Crippen molar-refractivity contribution in [3.05, 3.63) is 40.5 Å². The summed E-state index contributed by atoms with van der Waals surface area (Å²) >= 11 is 6.14. The van der Waals surface area contributed by atoms with E-state index >= 15 is 0 Å². The topological polar surface area (TPSA) is 59.2 Å². The SMILES string of the molecule is CCc1noc(C2CC(=O)N(c3ccc(C)c(Cl)c3)C2)n1. The van der Waals surface area contributed by atoms with E-state index in [0.29, 0.717) is 29.7 Å². The minimum atomic E-state index is -0.0506. The monoisotopic (exact) mass is 305 g/mol. The minimum Gasteiger partial charge on any atom is -0.339 e. The number of amides is 1. The molecule has 3 rings (SSSR count). The van der Waals surface area contributed by atoms with Crippen molar-refractivity contribution in [3.8, 4) is 0 Å². The van der Waals surface area contributed by atoms with Crippen molar-refractivity contribution in [1.29, 1.82) is 0 Å². The molecule has 2 heterocycles. The summed E-state index contributed by atoms with van der Waals surface area (Å²) in [6, 6.07) is 5.65. The van der Waals surface area contributed by atoms with Gasteiger partial charge in [-0.25, -0.2) is 0 Å². The Balaban J connectivity index is 1.82. The van der Waals surface area contributed by atoms with Crippen LogP contribution in [-0.4, -0.2) is 22.6 Å². The molecule has 0 aliphatic carbocycles. The van der Waals surface area contributed by atoms with Gasteiger partial charge in [-0.1, -0.05) is 29.7 Å². The lowest BCUT2D eigenvalue weighted by Crippen LogP contribution is -2.24. The van der Waals surface area contributed by atoms with Gasteiger partial charge in [0.25, 0.3) is 0 Å². The normalized spacial score (nSPS) is 18.5. The van der Waals surface area contributed by atoms with Gasteiger partial charge in [0.05, 0.1) is 5.92 Å². The first kappa shape index (κ1) is 14.1. The van der Waals surface area contributed by atoms with Crippen molar-refractivity contribution in [1.82, 2.24) is 10.1 Å². The van der Waals surface area contributed by atoms with Crippen molar-refractivity contribution in [2.75, 3.05) is 11.4 Å². The maximum absolute atomic E-state index is 12.2. The lowest BCUT2D eigenvalue weighted by molar-refractivity contribution is -0.117. The molecule has 1 unspecified atom stereocenters. The number of benzene rings is 1. The van der Waals surface area contributed by atoms with Gasteiger partial charge in [-0.2, -0.15) is 4.98 Å². The van der Waals surface area contributed by atoms with E-state index in [0.717, 1.165) is 17.7 Å². The average molecular weight is 306 g/mol. The summed E-state index contributed by atoms with van der Waals surface area (Å²) in [6.45, 7) is 4.45. The molecule has 110 valence electrons. The molecule has 1 aliphatic heterocycles. The maximum atomic E-state index is 12.2. The molecular formula is C15H16ClN3O2. The molecule has 5 nitrogen and oxygen atoms in total. The molecule has 0 radical (unpaired) electrons. The second-order valence-electron chi connectivity index (χ2n) is 5.24. The third-order valence-corrected chi connectivity index (χ3v) is 4.15. The van der Waals surface area contributed by atoms with Gasteiger partial charge in [0, 0.05) is 30.1 Å². The number of anilines is 1. The van der Waals surface area contributed by atoms with Gasteiger partial charge in [-0.15, -0.1) is 0 Å². The zero-order valence-electron chi connectivity index (χ0n) is 12.0. The number of aromatic nitrogens is 2. The fraction of sp³-hybridized carbons (Fsp3) is 0.400. The quantitative estimate of drug-likeness (QED) is 0.874. The number of hydrogen-bond acceptors (Lipinski definition) is 4. The summed E-state index contributed by atoms with van der Waals surface area (Å²) in [5, 5.41) is 4.55. The van der Waals surface area contributed by atoms with Gasteiger partial charge < -0.3 is 9.42 Å². The first-order valence-electron chi connectivity index (χ1n) is 6.97. The minimum absolute atomic E-state index is 0.0506. The third kappa shape index (κ3) is 2.65. The van der Waals surface area contributed by atoms with E-state index < -0.39 is 0 Å². The Morgan fingerprint density at radius 3 is 2.95 bits per heavy atom. The maximum Gasteiger partial charge on any atom is 0.232 e. The van der Waals surface area contributed by atoms with Crippen LogP contribution in [0.2, 0.25) is 5.02 Å². The Bertz CT molecular complexity index is 683. The van der Waals surface area contributed by atoms with Gasteiger partial charge in [0.15, 0.2) is 5.82 Å². The van der Waals surface area contributed by atoms with Crippen molar-refractivity contribution in [3.63, 3.8) is 0 Å². The molecule has 6 heteroatoms. The summed E-state index contributed by atoms with van der Waals surface area (Å²) in [6.07, 6.45) is 1.11. The Morgan fingerprint density at radius 2 is 2.29 bits per heavy atom. The van der Waals surface area contributed by atoms with E-state index in [-0.39, 0.29) is 11.8 Å². The summed E-state index contributed by atoms with van der Waals surface area (Å²) < 4.78 is 5.25. The van der Waals surface area contributed by atoms with E-state index in [9.17, 15) is 4.79 Å². The number of aryl methyl sites for hydroxylation is 2. The molecule has 0 saturated carbocycles. The highest BCUT2D eigenvalue weighted by Crippen LogP contribution is 2.32. The highest BCUT2D eigenvalue weighted by Gasteiger charge is 2.35.